The van der Waals surface area contributed by atoms with Gasteiger partial charge in [-0.25, -0.2) is 0 Å². The summed E-state index contributed by atoms with van der Waals surface area (Å²) in [5, 5.41) is 0. The first-order valence-electron chi connectivity index (χ1n) is 7.19. The van der Waals surface area contributed by atoms with Crippen LogP contribution in [0.5, 0.6) is 0 Å². The van der Waals surface area contributed by atoms with Crippen molar-refractivity contribution in [2.75, 3.05) is 6.54 Å². The lowest BCUT2D eigenvalue weighted by molar-refractivity contribution is -0.137. The van der Waals surface area contributed by atoms with Crippen molar-refractivity contribution in [2.24, 2.45) is 17.6 Å². The van der Waals surface area contributed by atoms with Gasteiger partial charge in [-0.3, -0.25) is 4.79 Å². The number of carbonyl (C=O) groups excluding carboxylic acids is 1. The number of rotatable bonds is 2. The lowest BCUT2D eigenvalue weighted by atomic mass is 9.79. The first-order valence-corrected chi connectivity index (χ1v) is 7.19. The van der Waals surface area contributed by atoms with Crippen LogP contribution < -0.4 is 5.73 Å². The number of nitrogens with two attached hydrogens (primary N) is 1. The molecule has 4 atom stereocenters. The fourth-order valence-corrected chi connectivity index (χ4v) is 3.37. The maximum absolute atomic E-state index is 12.5. The maximum Gasteiger partial charge on any atom is 0.225 e. The Kier molecular flexibility index (Phi) is 4.08. The molecule has 0 aromatic carbocycles. The fraction of sp³-hybridized carbons (Fsp3) is 0.929. The Morgan fingerprint density at radius 1 is 1.35 bits per heavy atom. The van der Waals surface area contributed by atoms with E-state index in [0.717, 1.165) is 32.2 Å². The lowest BCUT2D eigenvalue weighted by Crippen LogP contribution is -2.44. The maximum atomic E-state index is 12.5. The average molecular weight is 238 g/mol. The van der Waals surface area contributed by atoms with Crippen molar-refractivity contribution < 1.29 is 4.79 Å². The van der Waals surface area contributed by atoms with E-state index < -0.39 is 0 Å². The molecule has 3 heteroatoms. The molecule has 1 heterocycles. The van der Waals surface area contributed by atoms with E-state index in [-0.39, 0.29) is 12.0 Å². The van der Waals surface area contributed by atoms with E-state index >= 15 is 0 Å². The topological polar surface area (TPSA) is 46.3 Å². The predicted molar refractivity (Wildman–Crippen MR) is 69.5 cm³/mol. The normalized spacial score (nSPS) is 38.4. The third-order valence-corrected chi connectivity index (χ3v) is 4.74. The van der Waals surface area contributed by atoms with Gasteiger partial charge in [-0.05, 0) is 44.4 Å². The highest BCUT2D eigenvalue weighted by Gasteiger charge is 2.35. The van der Waals surface area contributed by atoms with Crippen LogP contribution >= 0.6 is 0 Å². The van der Waals surface area contributed by atoms with Gasteiger partial charge >= 0.3 is 0 Å². The summed E-state index contributed by atoms with van der Waals surface area (Å²) in [5.41, 5.74) is 6.10. The van der Waals surface area contributed by atoms with Crippen molar-refractivity contribution in [3.8, 4) is 0 Å². The zero-order chi connectivity index (χ0) is 12.4. The van der Waals surface area contributed by atoms with Gasteiger partial charge in [-0.2, -0.15) is 0 Å². The van der Waals surface area contributed by atoms with Gasteiger partial charge in [-0.1, -0.05) is 13.8 Å². The van der Waals surface area contributed by atoms with Crippen molar-refractivity contribution in [3.63, 3.8) is 0 Å². The first kappa shape index (κ1) is 12.9. The molecule has 2 fully saturated rings. The minimum Gasteiger partial charge on any atom is -0.339 e. The van der Waals surface area contributed by atoms with Gasteiger partial charge in [0.25, 0.3) is 0 Å². The fourth-order valence-electron chi connectivity index (χ4n) is 3.37. The smallest absolute Gasteiger partial charge is 0.225 e. The van der Waals surface area contributed by atoms with Gasteiger partial charge < -0.3 is 10.6 Å². The molecular formula is C14H26N2O. The molecule has 1 saturated carbocycles. The number of hydrogen-bond acceptors (Lipinski definition) is 2. The molecule has 1 saturated heterocycles. The van der Waals surface area contributed by atoms with Crippen LogP contribution in [0.15, 0.2) is 0 Å². The summed E-state index contributed by atoms with van der Waals surface area (Å²) in [6.07, 6.45) is 6.52. The van der Waals surface area contributed by atoms with Crippen LogP contribution in [0.4, 0.5) is 0 Å². The standard InChI is InChI=1S/C14H26N2O/c1-3-12-5-4-8-16(12)14(17)11-7-6-10(2)13(15)9-11/h10-13H,3-9,15H2,1-2H3. The van der Waals surface area contributed by atoms with Crippen molar-refractivity contribution in [1.29, 1.82) is 0 Å². The van der Waals surface area contributed by atoms with Gasteiger partial charge in [0, 0.05) is 24.5 Å². The van der Waals surface area contributed by atoms with Crippen LogP contribution in [0.2, 0.25) is 0 Å². The molecule has 1 aliphatic heterocycles. The summed E-state index contributed by atoms with van der Waals surface area (Å²) in [5.74, 6) is 1.17. The molecule has 2 N–H and O–H groups in total. The Bertz CT molecular complexity index is 279. The molecule has 4 unspecified atom stereocenters. The summed E-state index contributed by atoms with van der Waals surface area (Å²) in [4.78, 5) is 14.6. The Morgan fingerprint density at radius 3 is 2.76 bits per heavy atom. The molecule has 0 spiro atoms. The van der Waals surface area contributed by atoms with Crippen molar-refractivity contribution in [2.45, 2.75) is 64.5 Å². The highest BCUT2D eigenvalue weighted by atomic mass is 16.2. The average Bonchev–Trinajstić information content (AvgIpc) is 2.80. The summed E-state index contributed by atoms with van der Waals surface area (Å²) in [6, 6.07) is 0.721. The Morgan fingerprint density at radius 2 is 2.12 bits per heavy atom. The molecule has 0 aromatic rings. The van der Waals surface area contributed by atoms with Crippen molar-refractivity contribution >= 4 is 5.91 Å². The molecule has 0 bridgehead atoms. The number of amides is 1. The summed E-state index contributed by atoms with van der Waals surface area (Å²) in [6.45, 7) is 5.36. The lowest BCUT2D eigenvalue weighted by Gasteiger charge is -2.35. The van der Waals surface area contributed by atoms with Crippen LogP contribution in [-0.4, -0.2) is 29.4 Å². The van der Waals surface area contributed by atoms with E-state index in [2.05, 4.69) is 18.7 Å². The van der Waals surface area contributed by atoms with Gasteiger partial charge in [0.05, 0.1) is 0 Å². The second-order valence-corrected chi connectivity index (χ2v) is 5.89. The van der Waals surface area contributed by atoms with Crippen LogP contribution in [0, 0.1) is 11.8 Å². The zero-order valence-corrected chi connectivity index (χ0v) is 11.2. The quantitative estimate of drug-likeness (QED) is 0.801. The van der Waals surface area contributed by atoms with E-state index in [1.165, 1.54) is 12.8 Å². The van der Waals surface area contributed by atoms with E-state index in [4.69, 9.17) is 5.73 Å². The molecule has 1 amide bonds. The summed E-state index contributed by atoms with van der Waals surface area (Å²) < 4.78 is 0. The molecule has 0 aromatic heterocycles. The Balaban J connectivity index is 1.95. The van der Waals surface area contributed by atoms with Gasteiger partial charge in [0.2, 0.25) is 5.91 Å². The highest BCUT2D eigenvalue weighted by Crippen LogP contribution is 2.31. The molecule has 3 nitrogen and oxygen atoms in total. The van der Waals surface area contributed by atoms with Gasteiger partial charge in [0.15, 0.2) is 0 Å². The third kappa shape index (κ3) is 2.65. The molecule has 98 valence electrons. The van der Waals surface area contributed by atoms with E-state index in [9.17, 15) is 4.79 Å². The van der Waals surface area contributed by atoms with Gasteiger partial charge in [0.1, 0.15) is 0 Å². The van der Waals surface area contributed by atoms with Crippen LogP contribution in [0.3, 0.4) is 0 Å². The largest absolute Gasteiger partial charge is 0.339 e. The zero-order valence-electron chi connectivity index (χ0n) is 11.2. The summed E-state index contributed by atoms with van der Waals surface area (Å²) >= 11 is 0. The highest BCUT2D eigenvalue weighted by molar-refractivity contribution is 5.79. The third-order valence-electron chi connectivity index (χ3n) is 4.74. The molecule has 2 rings (SSSR count). The summed E-state index contributed by atoms with van der Waals surface area (Å²) in [7, 11) is 0. The van der Waals surface area contributed by atoms with Crippen molar-refractivity contribution in [3.05, 3.63) is 0 Å². The van der Waals surface area contributed by atoms with Crippen LogP contribution in [0.1, 0.15) is 52.4 Å². The number of nitrogens with zero attached hydrogens (tertiary/aromatic N) is 1. The first-order chi connectivity index (χ1) is 8.13. The molecule has 1 aliphatic carbocycles. The minimum atomic E-state index is 0.202. The monoisotopic (exact) mass is 238 g/mol. The predicted octanol–water partition coefficient (Wildman–Crippen LogP) is 2.15. The van der Waals surface area contributed by atoms with Crippen LogP contribution in [0.25, 0.3) is 0 Å². The number of hydrogen-bond donors (Lipinski definition) is 1. The number of carbonyl (C=O) groups is 1. The Hall–Kier alpha value is -0.570. The van der Waals surface area contributed by atoms with Crippen molar-refractivity contribution in [1.82, 2.24) is 4.90 Å². The number of likely N-dealkylation sites (tertiary alicyclic amines) is 1. The molecule has 17 heavy (non-hydrogen) atoms. The van der Waals surface area contributed by atoms with E-state index in [1.54, 1.807) is 0 Å². The SMILES string of the molecule is CCC1CCCN1C(=O)C1CCC(C)C(N)C1. The Labute approximate surface area is 105 Å². The van der Waals surface area contributed by atoms with Gasteiger partial charge in [-0.15, -0.1) is 0 Å². The minimum absolute atomic E-state index is 0.202. The molecule has 2 aliphatic rings. The second-order valence-electron chi connectivity index (χ2n) is 5.89. The van der Waals surface area contributed by atoms with E-state index in [0.29, 0.717) is 17.9 Å². The second kappa shape index (κ2) is 5.38. The molecule has 0 radical (unpaired) electrons. The molecular weight excluding hydrogens is 212 g/mol. The van der Waals surface area contributed by atoms with Crippen LogP contribution in [-0.2, 0) is 4.79 Å². The van der Waals surface area contributed by atoms with E-state index in [1.807, 2.05) is 0 Å².